The molecule has 0 fully saturated rings. The lowest BCUT2D eigenvalue weighted by atomic mass is 10.7. The Morgan fingerprint density at radius 1 is 1.00 bits per heavy atom. The zero-order valence-electron chi connectivity index (χ0n) is 3.57. The second kappa shape index (κ2) is 3.21. The minimum atomic E-state index is 0. The molecule has 0 spiro atoms. The Labute approximate surface area is 42.4 Å². The van der Waals surface area contributed by atoms with Crippen LogP contribution in [-0.4, -0.2) is 15.4 Å². The molecule has 34 valence electrons. The highest BCUT2D eigenvalue weighted by molar-refractivity contribution is 4.69. The topological polar surface area (TPSA) is 38.7 Å². The van der Waals surface area contributed by atoms with Crippen LogP contribution in [0.5, 0.6) is 0 Å². The minimum absolute atomic E-state index is 0. The third-order valence-electron chi connectivity index (χ3n) is 0.409. The van der Waals surface area contributed by atoms with E-state index in [1.54, 1.807) is 18.5 Å². The quantitative estimate of drug-likeness (QED) is 0.451. The molecule has 0 atom stereocenters. The van der Waals surface area contributed by atoms with Crippen LogP contribution in [0.4, 0.5) is 0 Å². The molecule has 1 aromatic heterocycles. The lowest BCUT2D eigenvalue weighted by Crippen LogP contribution is -1.78. The van der Waals surface area contributed by atoms with Crippen molar-refractivity contribution >= 4 is 0 Å². The average molecular weight is 93.1 g/mol. The SMILES string of the molecule is [C].c1cnnnc1. The van der Waals surface area contributed by atoms with Gasteiger partial charge in [0.25, 0.3) is 0 Å². The molecular weight excluding hydrogens is 90.1 g/mol. The summed E-state index contributed by atoms with van der Waals surface area (Å²) in [5, 5.41) is 10.1. The summed E-state index contributed by atoms with van der Waals surface area (Å²) in [6.45, 7) is 0. The Hall–Kier alpha value is -0.990. The second-order valence-corrected chi connectivity index (χ2v) is 0.811. The lowest BCUT2D eigenvalue weighted by molar-refractivity contribution is 0.865. The van der Waals surface area contributed by atoms with Crippen molar-refractivity contribution in [3.05, 3.63) is 25.9 Å². The van der Waals surface area contributed by atoms with Crippen LogP contribution in [0.15, 0.2) is 18.5 Å². The highest BCUT2D eigenvalue weighted by Crippen LogP contribution is 1.61. The first-order valence-electron chi connectivity index (χ1n) is 1.58. The molecule has 0 amide bonds. The van der Waals surface area contributed by atoms with Crippen LogP contribution < -0.4 is 0 Å². The average Bonchev–Trinajstić information content (AvgIpc) is 1.72. The first kappa shape index (κ1) is 6.01. The van der Waals surface area contributed by atoms with Crippen molar-refractivity contribution < 1.29 is 0 Å². The standard InChI is InChI=1S/C3H3N3.C/c1-2-4-6-5-3-1;/h1-3H;. The van der Waals surface area contributed by atoms with Crippen LogP contribution >= 0.6 is 0 Å². The van der Waals surface area contributed by atoms with Crippen LogP contribution in [0.3, 0.4) is 0 Å². The Morgan fingerprint density at radius 2 is 1.57 bits per heavy atom. The van der Waals surface area contributed by atoms with Gasteiger partial charge in [-0.3, -0.25) is 0 Å². The van der Waals surface area contributed by atoms with Gasteiger partial charge in [-0.15, -0.1) is 10.2 Å². The van der Waals surface area contributed by atoms with E-state index in [-0.39, 0.29) is 7.43 Å². The zero-order valence-corrected chi connectivity index (χ0v) is 3.57. The summed E-state index contributed by atoms with van der Waals surface area (Å²) in [5.74, 6) is 0. The van der Waals surface area contributed by atoms with E-state index in [0.717, 1.165) is 0 Å². The molecule has 0 N–H and O–H groups in total. The molecule has 0 aromatic carbocycles. The van der Waals surface area contributed by atoms with E-state index >= 15 is 0 Å². The van der Waals surface area contributed by atoms with Crippen LogP contribution in [0.1, 0.15) is 0 Å². The van der Waals surface area contributed by atoms with E-state index in [4.69, 9.17) is 0 Å². The maximum Gasteiger partial charge on any atom is 0.0529 e. The molecule has 0 aliphatic rings. The van der Waals surface area contributed by atoms with Gasteiger partial charge in [-0.05, 0) is 11.3 Å². The van der Waals surface area contributed by atoms with Crippen molar-refractivity contribution in [1.29, 1.82) is 0 Å². The van der Waals surface area contributed by atoms with E-state index in [1.165, 1.54) is 0 Å². The summed E-state index contributed by atoms with van der Waals surface area (Å²) in [5.41, 5.74) is 0. The molecule has 4 radical (unpaired) electrons. The van der Waals surface area contributed by atoms with Crippen molar-refractivity contribution in [2.24, 2.45) is 0 Å². The molecule has 7 heavy (non-hydrogen) atoms. The first-order valence-corrected chi connectivity index (χ1v) is 1.58. The molecule has 3 heteroatoms. The molecule has 0 saturated heterocycles. The van der Waals surface area contributed by atoms with E-state index in [2.05, 4.69) is 15.4 Å². The summed E-state index contributed by atoms with van der Waals surface area (Å²) in [6.07, 6.45) is 3.15. The monoisotopic (exact) mass is 93.0 g/mol. The van der Waals surface area contributed by atoms with E-state index in [1.807, 2.05) is 0 Å². The van der Waals surface area contributed by atoms with E-state index in [9.17, 15) is 0 Å². The van der Waals surface area contributed by atoms with Gasteiger partial charge >= 0.3 is 0 Å². The molecule has 0 unspecified atom stereocenters. The van der Waals surface area contributed by atoms with Gasteiger partial charge in [-0.2, -0.15) is 0 Å². The molecule has 0 saturated carbocycles. The number of rotatable bonds is 0. The molecule has 1 rings (SSSR count). The fraction of sp³-hybridized carbons (Fsp3) is 0. The van der Waals surface area contributed by atoms with Gasteiger partial charge < -0.3 is 0 Å². The molecule has 1 heterocycles. The Bertz CT molecular complexity index is 78.9. The van der Waals surface area contributed by atoms with Gasteiger partial charge in [-0.1, -0.05) is 0 Å². The zero-order chi connectivity index (χ0) is 4.24. The van der Waals surface area contributed by atoms with Crippen LogP contribution in [-0.2, 0) is 0 Å². The predicted molar refractivity (Wildman–Crippen MR) is 23.1 cm³/mol. The number of aromatic nitrogens is 3. The molecule has 3 nitrogen and oxygen atoms in total. The maximum absolute atomic E-state index is 3.42. The normalized spacial score (nSPS) is 6.86. The summed E-state index contributed by atoms with van der Waals surface area (Å²) in [7, 11) is 0. The van der Waals surface area contributed by atoms with Crippen molar-refractivity contribution in [1.82, 2.24) is 15.4 Å². The molecule has 1 aromatic rings. The Kier molecular flexibility index (Phi) is 2.76. The minimum Gasteiger partial charge on any atom is -0.139 e. The van der Waals surface area contributed by atoms with Gasteiger partial charge in [0.2, 0.25) is 0 Å². The highest BCUT2D eigenvalue weighted by atomic mass is 15.3. The third kappa shape index (κ3) is 1.81. The van der Waals surface area contributed by atoms with Gasteiger partial charge in [0.05, 0.1) is 12.4 Å². The van der Waals surface area contributed by atoms with Gasteiger partial charge in [0.15, 0.2) is 0 Å². The lowest BCUT2D eigenvalue weighted by Gasteiger charge is -1.68. The van der Waals surface area contributed by atoms with Crippen LogP contribution in [0.2, 0.25) is 0 Å². The van der Waals surface area contributed by atoms with Gasteiger partial charge in [-0.25, -0.2) is 0 Å². The van der Waals surface area contributed by atoms with Gasteiger partial charge in [0.1, 0.15) is 0 Å². The third-order valence-corrected chi connectivity index (χ3v) is 0.409. The Balaban J connectivity index is 0.000000360. The van der Waals surface area contributed by atoms with Crippen molar-refractivity contribution in [3.8, 4) is 0 Å². The molecule has 0 bridgehead atoms. The fourth-order valence-corrected chi connectivity index (χ4v) is 0.205. The van der Waals surface area contributed by atoms with E-state index < -0.39 is 0 Å². The summed E-state index contributed by atoms with van der Waals surface area (Å²) >= 11 is 0. The van der Waals surface area contributed by atoms with Crippen LogP contribution in [0, 0.1) is 7.43 Å². The maximum atomic E-state index is 3.42. The highest BCUT2D eigenvalue weighted by Gasteiger charge is 1.60. The summed E-state index contributed by atoms with van der Waals surface area (Å²) < 4.78 is 0. The van der Waals surface area contributed by atoms with E-state index in [0.29, 0.717) is 0 Å². The summed E-state index contributed by atoms with van der Waals surface area (Å²) in [4.78, 5) is 0. The second-order valence-electron chi connectivity index (χ2n) is 0.811. The Morgan fingerprint density at radius 3 is 1.71 bits per heavy atom. The van der Waals surface area contributed by atoms with Crippen molar-refractivity contribution in [3.63, 3.8) is 0 Å². The molecule has 0 aliphatic carbocycles. The number of hydrogen-bond donors (Lipinski definition) is 0. The molecule has 0 aliphatic heterocycles. The van der Waals surface area contributed by atoms with Crippen molar-refractivity contribution in [2.45, 2.75) is 0 Å². The predicted octanol–water partition coefficient (Wildman–Crippen LogP) is -0.0471. The number of nitrogens with zero attached hydrogens (tertiary/aromatic N) is 3. The van der Waals surface area contributed by atoms with Crippen LogP contribution in [0.25, 0.3) is 0 Å². The van der Waals surface area contributed by atoms with Gasteiger partial charge in [0, 0.05) is 7.43 Å². The largest absolute Gasteiger partial charge is 0.139 e. The van der Waals surface area contributed by atoms with Crippen molar-refractivity contribution in [2.75, 3.05) is 0 Å². The molecular formula is C4H3N3. The fourth-order valence-electron chi connectivity index (χ4n) is 0.205. The first-order chi connectivity index (χ1) is 3.00. The smallest absolute Gasteiger partial charge is 0.0529 e. The summed E-state index contributed by atoms with van der Waals surface area (Å²) in [6, 6.07) is 1.72. The number of hydrogen-bond acceptors (Lipinski definition) is 3.